The van der Waals surface area contributed by atoms with Gasteiger partial charge in [-0.3, -0.25) is 14.8 Å². The van der Waals surface area contributed by atoms with Crippen molar-refractivity contribution in [1.82, 2.24) is 9.97 Å². The first kappa shape index (κ1) is 9.20. The monoisotopic (exact) mass is 205 g/mol. The fourth-order valence-electron chi connectivity index (χ4n) is 1.02. The van der Waals surface area contributed by atoms with Gasteiger partial charge >= 0.3 is 5.69 Å². The van der Waals surface area contributed by atoms with E-state index in [1.165, 1.54) is 24.8 Å². The Kier molecular flexibility index (Phi) is 2.32. The molecule has 15 heavy (non-hydrogen) atoms. The van der Waals surface area contributed by atoms with Crippen LogP contribution in [0.3, 0.4) is 0 Å². The number of aliphatic imine (C=N–C) groups is 1. The summed E-state index contributed by atoms with van der Waals surface area (Å²) in [5.41, 5.74) is -0.323. The lowest BCUT2D eigenvalue weighted by Gasteiger charge is -1.89. The number of rotatable bonds is 2. The van der Waals surface area contributed by atoms with Gasteiger partial charge in [-0.15, -0.1) is 0 Å². The van der Waals surface area contributed by atoms with Crippen LogP contribution in [0.15, 0.2) is 43.7 Å². The van der Waals surface area contributed by atoms with Gasteiger partial charge < -0.3 is 4.42 Å². The molecular weight excluding hydrogens is 198 g/mol. The minimum absolute atomic E-state index is 0.199. The van der Waals surface area contributed by atoms with Gasteiger partial charge in [-0.2, -0.15) is 0 Å². The first-order valence-corrected chi connectivity index (χ1v) is 4.14. The number of aromatic nitrogens is 2. The minimum atomic E-state index is -0.582. The van der Waals surface area contributed by atoms with Crippen molar-refractivity contribution >= 4 is 12.0 Å². The van der Waals surface area contributed by atoms with E-state index < -0.39 is 11.2 Å². The van der Waals surface area contributed by atoms with Crippen molar-refractivity contribution < 1.29 is 4.42 Å². The van der Waals surface area contributed by atoms with E-state index in [2.05, 4.69) is 9.98 Å². The fourth-order valence-corrected chi connectivity index (χ4v) is 1.02. The Hall–Kier alpha value is -2.37. The topological polar surface area (TPSA) is 91.2 Å². The molecule has 0 aromatic carbocycles. The molecule has 6 nitrogen and oxygen atoms in total. The second-order valence-corrected chi connectivity index (χ2v) is 2.79. The van der Waals surface area contributed by atoms with Gasteiger partial charge in [0, 0.05) is 17.8 Å². The van der Waals surface area contributed by atoms with E-state index in [0.717, 1.165) is 5.56 Å². The number of hydrogen-bond acceptors (Lipinski definition) is 4. The van der Waals surface area contributed by atoms with Crippen molar-refractivity contribution in [3.8, 4) is 0 Å². The van der Waals surface area contributed by atoms with Crippen molar-refractivity contribution in [1.29, 1.82) is 0 Å². The fraction of sp³-hybridized carbons (Fsp3) is 0. The third kappa shape index (κ3) is 2.31. The van der Waals surface area contributed by atoms with Gasteiger partial charge in [-0.25, -0.2) is 9.79 Å². The van der Waals surface area contributed by atoms with Crippen LogP contribution in [0, 0.1) is 0 Å². The number of H-pyrrole nitrogens is 2. The SMILES string of the molecule is O=c1cc(N=Cc2ccoc2)[nH]c(=O)[nH]1. The maximum atomic E-state index is 10.9. The van der Waals surface area contributed by atoms with Gasteiger partial charge in [0.15, 0.2) is 0 Å². The first-order chi connectivity index (χ1) is 7.24. The van der Waals surface area contributed by atoms with Crippen molar-refractivity contribution in [2.24, 2.45) is 4.99 Å². The summed E-state index contributed by atoms with van der Waals surface area (Å²) >= 11 is 0. The Morgan fingerprint density at radius 3 is 2.87 bits per heavy atom. The van der Waals surface area contributed by atoms with Crippen LogP contribution < -0.4 is 11.2 Å². The molecule has 0 aliphatic carbocycles. The van der Waals surface area contributed by atoms with Gasteiger partial charge in [0.2, 0.25) is 0 Å². The molecule has 2 rings (SSSR count). The second-order valence-electron chi connectivity index (χ2n) is 2.79. The van der Waals surface area contributed by atoms with Crippen molar-refractivity contribution in [3.05, 3.63) is 51.1 Å². The quantitative estimate of drug-likeness (QED) is 0.695. The van der Waals surface area contributed by atoms with E-state index in [0.29, 0.717) is 0 Å². The van der Waals surface area contributed by atoms with Crippen molar-refractivity contribution in [3.63, 3.8) is 0 Å². The van der Waals surface area contributed by atoms with Crippen LogP contribution >= 0.6 is 0 Å². The lowest BCUT2D eigenvalue weighted by atomic mass is 10.4. The summed E-state index contributed by atoms with van der Waals surface area (Å²) in [6, 6.07) is 2.90. The Balaban J connectivity index is 2.32. The molecule has 0 spiro atoms. The third-order valence-electron chi connectivity index (χ3n) is 1.64. The molecular formula is C9H7N3O3. The summed E-state index contributed by atoms with van der Waals surface area (Å²) in [7, 11) is 0. The van der Waals surface area contributed by atoms with Crippen LogP contribution in [0.25, 0.3) is 0 Å². The smallest absolute Gasteiger partial charge is 0.327 e. The molecule has 6 heteroatoms. The van der Waals surface area contributed by atoms with Gasteiger partial charge in [-0.1, -0.05) is 0 Å². The highest BCUT2D eigenvalue weighted by Crippen LogP contribution is 2.01. The predicted molar refractivity (Wildman–Crippen MR) is 53.6 cm³/mol. The molecule has 0 saturated carbocycles. The zero-order valence-corrected chi connectivity index (χ0v) is 7.56. The van der Waals surface area contributed by atoms with Crippen LogP contribution in [-0.4, -0.2) is 16.2 Å². The van der Waals surface area contributed by atoms with E-state index in [9.17, 15) is 9.59 Å². The molecule has 0 fully saturated rings. The van der Waals surface area contributed by atoms with Crippen LogP contribution in [0.5, 0.6) is 0 Å². The second kappa shape index (κ2) is 3.79. The number of aromatic amines is 2. The summed E-state index contributed by atoms with van der Waals surface area (Å²) in [6.45, 7) is 0. The lowest BCUT2D eigenvalue weighted by molar-refractivity contribution is 0.567. The van der Waals surface area contributed by atoms with E-state index >= 15 is 0 Å². The molecule has 2 heterocycles. The molecule has 0 unspecified atom stereocenters. The number of nitrogens with one attached hydrogen (secondary N) is 2. The summed E-state index contributed by atoms with van der Waals surface area (Å²) in [6.07, 6.45) is 4.48. The Morgan fingerprint density at radius 1 is 1.33 bits per heavy atom. The van der Waals surface area contributed by atoms with Crippen molar-refractivity contribution in [2.75, 3.05) is 0 Å². The highest BCUT2D eigenvalue weighted by Gasteiger charge is 1.93. The Labute approximate surface area is 83.3 Å². The minimum Gasteiger partial charge on any atom is -0.472 e. The molecule has 0 atom stereocenters. The molecule has 2 aromatic heterocycles. The van der Waals surface area contributed by atoms with Gasteiger partial charge in [0.25, 0.3) is 5.56 Å². The van der Waals surface area contributed by atoms with Crippen LogP contribution in [-0.2, 0) is 0 Å². The highest BCUT2D eigenvalue weighted by atomic mass is 16.3. The average molecular weight is 205 g/mol. The lowest BCUT2D eigenvalue weighted by Crippen LogP contribution is -2.20. The average Bonchev–Trinajstić information content (AvgIpc) is 2.65. The summed E-state index contributed by atoms with van der Waals surface area (Å²) in [5, 5.41) is 0. The summed E-state index contributed by atoms with van der Waals surface area (Å²) in [4.78, 5) is 30.1. The molecule has 2 aromatic rings. The molecule has 2 N–H and O–H groups in total. The zero-order valence-electron chi connectivity index (χ0n) is 7.56. The standard InChI is InChI=1S/C9H7N3O3/c13-8-3-7(11-9(14)12-8)10-4-6-1-2-15-5-6/h1-5H,(H2,11,12,13,14). The van der Waals surface area contributed by atoms with Crippen LogP contribution in [0.1, 0.15) is 5.56 Å². The largest absolute Gasteiger partial charge is 0.472 e. The molecule has 0 bridgehead atoms. The van der Waals surface area contributed by atoms with E-state index in [-0.39, 0.29) is 5.82 Å². The summed E-state index contributed by atoms with van der Waals surface area (Å²) in [5.74, 6) is 0.199. The van der Waals surface area contributed by atoms with E-state index in [1.54, 1.807) is 6.07 Å². The van der Waals surface area contributed by atoms with Crippen LogP contribution in [0.2, 0.25) is 0 Å². The maximum absolute atomic E-state index is 10.9. The Morgan fingerprint density at radius 2 is 2.20 bits per heavy atom. The molecule has 0 amide bonds. The van der Waals surface area contributed by atoms with E-state index in [1.807, 2.05) is 4.98 Å². The summed E-state index contributed by atoms with van der Waals surface area (Å²) < 4.78 is 4.82. The van der Waals surface area contributed by atoms with E-state index in [4.69, 9.17) is 4.42 Å². The molecule has 0 saturated heterocycles. The van der Waals surface area contributed by atoms with Gasteiger partial charge in [0.05, 0.1) is 12.5 Å². The normalized spacial score (nSPS) is 10.9. The number of nitrogens with zero attached hydrogens (tertiary/aromatic N) is 1. The molecule has 76 valence electrons. The Bertz CT molecular complexity index is 549. The highest BCUT2D eigenvalue weighted by molar-refractivity contribution is 5.80. The number of furan rings is 1. The first-order valence-electron chi connectivity index (χ1n) is 4.14. The molecule has 0 aliphatic rings. The maximum Gasteiger partial charge on any atom is 0.327 e. The van der Waals surface area contributed by atoms with Crippen molar-refractivity contribution in [2.45, 2.75) is 0 Å². The third-order valence-corrected chi connectivity index (χ3v) is 1.64. The van der Waals surface area contributed by atoms with Crippen LogP contribution in [0.4, 0.5) is 5.82 Å². The van der Waals surface area contributed by atoms with Gasteiger partial charge in [-0.05, 0) is 6.07 Å². The zero-order chi connectivity index (χ0) is 10.7. The molecule has 0 radical (unpaired) electrons. The number of hydrogen-bond donors (Lipinski definition) is 2. The molecule has 0 aliphatic heterocycles. The van der Waals surface area contributed by atoms with Gasteiger partial charge in [0.1, 0.15) is 5.82 Å². The predicted octanol–water partition coefficient (Wildman–Crippen LogP) is 0.407.